The fourth-order valence-corrected chi connectivity index (χ4v) is 2.32. The number of nitrogens with one attached hydrogen (secondary N) is 2. The molecule has 1 amide bonds. The fourth-order valence-electron chi connectivity index (χ4n) is 2.32. The third-order valence-corrected chi connectivity index (χ3v) is 3.66. The van der Waals surface area contributed by atoms with Crippen molar-refractivity contribution in [2.24, 2.45) is 0 Å². The van der Waals surface area contributed by atoms with E-state index in [9.17, 15) is 4.79 Å². The highest BCUT2D eigenvalue weighted by Gasteiger charge is 2.13. The van der Waals surface area contributed by atoms with Gasteiger partial charge in [0.1, 0.15) is 12.4 Å². The van der Waals surface area contributed by atoms with Crippen LogP contribution in [0.1, 0.15) is 24.2 Å². The molecular weight excluding hydrogens is 302 g/mol. The van der Waals surface area contributed by atoms with Crippen molar-refractivity contribution in [3.8, 4) is 11.4 Å². The Labute approximate surface area is 140 Å². The van der Waals surface area contributed by atoms with E-state index < -0.39 is 6.09 Å². The summed E-state index contributed by atoms with van der Waals surface area (Å²) in [5, 5.41) is 2.80. The molecule has 5 nitrogen and oxygen atoms in total. The van der Waals surface area contributed by atoms with Crippen LogP contribution in [0.2, 0.25) is 0 Å². The number of imidazole rings is 1. The summed E-state index contributed by atoms with van der Waals surface area (Å²) in [4.78, 5) is 19.5. The highest BCUT2D eigenvalue weighted by atomic mass is 16.5. The molecule has 1 aromatic heterocycles. The van der Waals surface area contributed by atoms with E-state index in [1.165, 1.54) is 0 Å². The van der Waals surface area contributed by atoms with Gasteiger partial charge in [0.05, 0.1) is 17.9 Å². The Morgan fingerprint density at radius 2 is 1.79 bits per heavy atom. The quantitative estimate of drug-likeness (QED) is 0.744. The number of ether oxygens (including phenoxy) is 1. The van der Waals surface area contributed by atoms with E-state index in [4.69, 9.17) is 4.74 Å². The van der Waals surface area contributed by atoms with Crippen molar-refractivity contribution < 1.29 is 9.53 Å². The molecule has 0 aliphatic carbocycles. The molecule has 0 saturated heterocycles. The Hall–Kier alpha value is -3.08. The maximum atomic E-state index is 11.9. The molecule has 0 saturated carbocycles. The first-order valence-corrected chi connectivity index (χ1v) is 7.80. The summed E-state index contributed by atoms with van der Waals surface area (Å²) in [6.45, 7) is 2.13. The number of hydrogen-bond acceptors (Lipinski definition) is 3. The van der Waals surface area contributed by atoms with Crippen molar-refractivity contribution in [3.63, 3.8) is 0 Å². The second kappa shape index (κ2) is 7.46. The van der Waals surface area contributed by atoms with Crippen molar-refractivity contribution in [2.75, 3.05) is 0 Å². The van der Waals surface area contributed by atoms with Gasteiger partial charge >= 0.3 is 6.09 Å². The molecule has 24 heavy (non-hydrogen) atoms. The number of aromatic amines is 1. The molecule has 1 heterocycles. The molecule has 0 fully saturated rings. The van der Waals surface area contributed by atoms with Gasteiger partial charge in [0, 0.05) is 5.56 Å². The van der Waals surface area contributed by atoms with Crippen molar-refractivity contribution >= 4 is 6.09 Å². The summed E-state index contributed by atoms with van der Waals surface area (Å²) in [7, 11) is 0. The van der Waals surface area contributed by atoms with Crippen LogP contribution in [-0.4, -0.2) is 16.1 Å². The minimum atomic E-state index is -0.456. The number of hydrogen-bond donors (Lipinski definition) is 2. The molecule has 3 rings (SSSR count). The molecule has 5 heteroatoms. The minimum absolute atomic E-state index is 0.224. The van der Waals surface area contributed by atoms with E-state index in [0.717, 1.165) is 22.6 Å². The molecule has 122 valence electrons. The summed E-state index contributed by atoms with van der Waals surface area (Å²) in [6, 6.07) is 19.2. The van der Waals surface area contributed by atoms with Crippen LogP contribution in [0.5, 0.6) is 0 Å². The number of carbonyl (C=O) groups is 1. The lowest BCUT2D eigenvalue weighted by atomic mass is 10.2. The topological polar surface area (TPSA) is 67.0 Å². The number of carbonyl (C=O) groups excluding carboxylic acids is 1. The number of alkyl carbamates (subject to hydrolysis) is 1. The van der Waals surface area contributed by atoms with E-state index in [1.54, 1.807) is 6.20 Å². The first-order valence-electron chi connectivity index (χ1n) is 7.80. The zero-order valence-electron chi connectivity index (χ0n) is 13.4. The van der Waals surface area contributed by atoms with Gasteiger partial charge < -0.3 is 15.0 Å². The molecule has 0 radical (unpaired) electrons. The molecule has 0 bridgehead atoms. The van der Waals surface area contributed by atoms with Crippen molar-refractivity contribution in [1.82, 2.24) is 15.3 Å². The molecule has 0 aliphatic heterocycles. The van der Waals surface area contributed by atoms with Crippen molar-refractivity contribution in [2.45, 2.75) is 19.6 Å². The fraction of sp³-hybridized carbons (Fsp3) is 0.158. The van der Waals surface area contributed by atoms with Crippen LogP contribution in [-0.2, 0) is 11.3 Å². The van der Waals surface area contributed by atoms with E-state index >= 15 is 0 Å². The Bertz CT molecular complexity index is 785. The summed E-state index contributed by atoms with van der Waals surface area (Å²) < 4.78 is 5.23. The first-order chi connectivity index (χ1) is 11.7. The van der Waals surface area contributed by atoms with Gasteiger partial charge in [-0.3, -0.25) is 0 Å². The van der Waals surface area contributed by atoms with E-state index in [-0.39, 0.29) is 12.6 Å². The van der Waals surface area contributed by atoms with Crippen LogP contribution >= 0.6 is 0 Å². The third kappa shape index (κ3) is 4.01. The first kappa shape index (κ1) is 15.8. The SMILES string of the molecule is C[C@@H](NC(=O)OCc1ccccc1)c1cnc(-c2ccccc2)[nH]1. The molecule has 3 aromatic rings. The lowest BCUT2D eigenvalue weighted by Gasteiger charge is -2.12. The summed E-state index contributed by atoms with van der Waals surface area (Å²) >= 11 is 0. The summed E-state index contributed by atoms with van der Waals surface area (Å²) in [5.74, 6) is 0.775. The minimum Gasteiger partial charge on any atom is -0.445 e. The predicted molar refractivity (Wildman–Crippen MR) is 92.2 cm³/mol. The van der Waals surface area contributed by atoms with Crippen LogP contribution in [0.15, 0.2) is 66.9 Å². The maximum absolute atomic E-state index is 11.9. The van der Waals surface area contributed by atoms with Crippen LogP contribution in [0.4, 0.5) is 4.79 Å². The highest BCUT2D eigenvalue weighted by Crippen LogP contribution is 2.18. The molecule has 1 atom stereocenters. The van der Waals surface area contributed by atoms with Gasteiger partial charge in [-0.25, -0.2) is 9.78 Å². The van der Waals surface area contributed by atoms with Crippen LogP contribution in [0.3, 0.4) is 0 Å². The monoisotopic (exact) mass is 321 g/mol. The van der Waals surface area contributed by atoms with Gasteiger partial charge in [0.2, 0.25) is 0 Å². The van der Waals surface area contributed by atoms with Crippen molar-refractivity contribution in [1.29, 1.82) is 0 Å². The highest BCUT2D eigenvalue weighted by molar-refractivity contribution is 5.67. The molecule has 0 unspecified atom stereocenters. The predicted octanol–water partition coefficient (Wildman–Crippen LogP) is 4.06. The maximum Gasteiger partial charge on any atom is 0.407 e. The van der Waals surface area contributed by atoms with Gasteiger partial charge in [-0.15, -0.1) is 0 Å². The second-order valence-electron chi connectivity index (χ2n) is 5.48. The largest absolute Gasteiger partial charge is 0.445 e. The van der Waals surface area contributed by atoms with Crippen LogP contribution in [0.25, 0.3) is 11.4 Å². The second-order valence-corrected chi connectivity index (χ2v) is 5.48. The normalized spacial score (nSPS) is 11.7. The number of nitrogens with zero attached hydrogens (tertiary/aromatic N) is 1. The number of aromatic nitrogens is 2. The zero-order valence-corrected chi connectivity index (χ0v) is 13.4. The van der Waals surface area contributed by atoms with E-state index in [0.29, 0.717) is 0 Å². The molecule has 2 N–H and O–H groups in total. The van der Waals surface area contributed by atoms with Crippen LogP contribution in [0, 0.1) is 0 Å². The standard InChI is InChI=1S/C19H19N3O2/c1-14(21-19(23)24-13-15-8-4-2-5-9-15)17-12-20-18(22-17)16-10-6-3-7-11-16/h2-12,14H,13H2,1H3,(H,20,22)(H,21,23)/t14-/m1/s1. The summed E-state index contributed by atoms with van der Waals surface area (Å²) in [6.07, 6.45) is 1.27. The molecule has 2 aromatic carbocycles. The molecule has 0 spiro atoms. The van der Waals surface area contributed by atoms with E-state index in [1.807, 2.05) is 67.6 Å². The molecular formula is C19H19N3O2. The van der Waals surface area contributed by atoms with Gasteiger partial charge in [0.15, 0.2) is 0 Å². The Morgan fingerprint density at radius 3 is 2.50 bits per heavy atom. The van der Waals surface area contributed by atoms with Gasteiger partial charge in [0.25, 0.3) is 0 Å². The van der Waals surface area contributed by atoms with Gasteiger partial charge in [-0.05, 0) is 12.5 Å². The third-order valence-electron chi connectivity index (χ3n) is 3.66. The Kier molecular flexibility index (Phi) is 4.91. The van der Waals surface area contributed by atoms with Gasteiger partial charge in [-0.1, -0.05) is 60.7 Å². The Balaban J connectivity index is 1.56. The smallest absolute Gasteiger partial charge is 0.407 e. The van der Waals surface area contributed by atoms with Crippen molar-refractivity contribution in [3.05, 3.63) is 78.1 Å². The zero-order chi connectivity index (χ0) is 16.8. The number of benzene rings is 2. The number of rotatable bonds is 5. The summed E-state index contributed by atoms with van der Waals surface area (Å²) in [5.41, 5.74) is 2.78. The average Bonchev–Trinajstić information content (AvgIpc) is 3.12. The van der Waals surface area contributed by atoms with E-state index in [2.05, 4.69) is 15.3 Å². The Morgan fingerprint density at radius 1 is 1.12 bits per heavy atom. The average molecular weight is 321 g/mol. The van der Waals surface area contributed by atoms with Gasteiger partial charge in [-0.2, -0.15) is 0 Å². The number of amides is 1. The van der Waals surface area contributed by atoms with Crippen LogP contribution < -0.4 is 5.32 Å². The number of H-pyrrole nitrogens is 1. The lowest BCUT2D eigenvalue weighted by Crippen LogP contribution is -2.27. The molecule has 0 aliphatic rings. The lowest BCUT2D eigenvalue weighted by molar-refractivity contribution is 0.136.